The molecule has 0 aliphatic heterocycles. The fraction of sp³-hybridized carbons (Fsp3) is 0.229. The standard InChI is InChI=1S/C70H70Br2N2/c1-67(2,3)55-24-16-47(17-25-55)51-40-52(48-18-26-56(27-19-48)68(4,5)6)43-65(42-51)73(61-36-32-59(71)33-37-61)63-14-13-15-64(46-63)74(62-38-34-60(72)35-39-62)66-44-53(49-20-28-57(29-21-49)69(7,8)9)41-54(45-66)50-22-30-58(31-23-50)70(10,11)12/h13-46H,1-12H3. The molecule has 0 heterocycles. The van der Waals surface area contributed by atoms with Crippen LogP contribution in [0.2, 0.25) is 0 Å². The Morgan fingerprint density at radius 3 is 0.703 bits per heavy atom. The lowest BCUT2D eigenvalue weighted by atomic mass is 9.85. The topological polar surface area (TPSA) is 6.48 Å². The van der Waals surface area contributed by atoms with Crippen molar-refractivity contribution < 1.29 is 0 Å². The van der Waals surface area contributed by atoms with Crippen LogP contribution >= 0.6 is 31.9 Å². The summed E-state index contributed by atoms with van der Waals surface area (Å²) in [7, 11) is 0. The molecule has 0 aliphatic rings. The molecule has 0 saturated carbocycles. The molecule has 374 valence electrons. The Balaban J connectivity index is 1.25. The second kappa shape index (κ2) is 20.7. The van der Waals surface area contributed by atoms with Gasteiger partial charge in [0.15, 0.2) is 0 Å². The van der Waals surface area contributed by atoms with Crippen molar-refractivity contribution in [2.75, 3.05) is 9.80 Å². The molecule has 2 nitrogen and oxygen atoms in total. The summed E-state index contributed by atoms with van der Waals surface area (Å²) in [5, 5.41) is 0. The monoisotopic (exact) mass is 1100 g/mol. The zero-order valence-corrected chi connectivity index (χ0v) is 48.5. The van der Waals surface area contributed by atoms with E-state index in [-0.39, 0.29) is 21.7 Å². The molecule has 0 aliphatic carbocycles. The van der Waals surface area contributed by atoms with Crippen molar-refractivity contribution in [1.29, 1.82) is 0 Å². The Labute approximate surface area is 459 Å². The van der Waals surface area contributed by atoms with Crippen molar-refractivity contribution in [1.82, 2.24) is 0 Å². The van der Waals surface area contributed by atoms with Crippen LogP contribution in [0.15, 0.2) is 215 Å². The molecule has 9 aromatic rings. The van der Waals surface area contributed by atoms with Gasteiger partial charge >= 0.3 is 0 Å². The minimum Gasteiger partial charge on any atom is -0.310 e. The molecule has 0 bridgehead atoms. The predicted molar refractivity (Wildman–Crippen MR) is 328 cm³/mol. The van der Waals surface area contributed by atoms with Gasteiger partial charge in [0.2, 0.25) is 0 Å². The molecule has 0 saturated heterocycles. The highest BCUT2D eigenvalue weighted by atomic mass is 79.9. The lowest BCUT2D eigenvalue weighted by Crippen LogP contribution is -2.14. The molecule has 4 heteroatoms. The van der Waals surface area contributed by atoms with Gasteiger partial charge in [0, 0.05) is 43.1 Å². The van der Waals surface area contributed by atoms with E-state index >= 15 is 0 Å². The maximum Gasteiger partial charge on any atom is 0.0482 e. The van der Waals surface area contributed by atoms with Gasteiger partial charge < -0.3 is 9.80 Å². The molecule has 0 spiro atoms. The number of halogens is 2. The van der Waals surface area contributed by atoms with E-state index < -0.39 is 0 Å². The SMILES string of the molecule is CC(C)(C)c1ccc(-c2cc(-c3ccc(C(C)(C)C)cc3)cc(N(c3ccc(Br)cc3)c3cccc(N(c4ccc(Br)cc4)c4cc(-c5ccc(C(C)(C)C)cc5)cc(-c5ccc(C(C)(C)C)cc5)c4)c3)c2)cc1. The first kappa shape index (κ1) is 52.4. The first-order valence-electron chi connectivity index (χ1n) is 25.9. The first-order valence-corrected chi connectivity index (χ1v) is 27.5. The quantitative estimate of drug-likeness (QED) is 0.135. The normalized spacial score (nSPS) is 12.2. The number of hydrogen-bond donors (Lipinski definition) is 0. The lowest BCUT2D eigenvalue weighted by Gasteiger charge is -2.30. The van der Waals surface area contributed by atoms with Crippen molar-refractivity contribution in [3.63, 3.8) is 0 Å². The van der Waals surface area contributed by atoms with Crippen LogP contribution in [0.25, 0.3) is 44.5 Å². The average molecular weight is 1100 g/mol. The van der Waals surface area contributed by atoms with Gasteiger partial charge in [0.1, 0.15) is 0 Å². The van der Waals surface area contributed by atoms with E-state index in [4.69, 9.17) is 0 Å². The van der Waals surface area contributed by atoms with Crippen LogP contribution in [0.3, 0.4) is 0 Å². The van der Waals surface area contributed by atoms with Gasteiger partial charge in [0.25, 0.3) is 0 Å². The van der Waals surface area contributed by atoms with E-state index in [2.05, 4.69) is 331 Å². The molecule has 0 amide bonds. The Hall–Kier alpha value is -6.46. The highest BCUT2D eigenvalue weighted by Crippen LogP contribution is 2.45. The van der Waals surface area contributed by atoms with Crippen LogP contribution in [0.5, 0.6) is 0 Å². The van der Waals surface area contributed by atoms with E-state index in [0.29, 0.717) is 0 Å². The third-order valence-corrected chi connectivity index (χ3v) is 15.3. The molecule has 0 unspecified atom stereocenters. The summed E-state index contributed by atoms with van der Waals surface area (Å²) in [6.45, 7) is 27.3. The van der Waals surface area contributed by atoms with Crippen molar-refractivity contribution >= 4 is 66.0 Å². The summed E-state index contributed by atoms with van der Waals surface area (Å²) >= 11 is 7.52. The van der Waals surface area contributed by atoms with Crippen LogP contribution < -0.4 is 9.80 Å². The summed E-state index contributed by atoms with van der Waals surface area (Å²) < 4.78 is 2.06. The largest absolute Gasteiger partial charge is 0.310 e. The van der Waals surface area contributed by atoms with Crippen LogP contribution in [0, 0.1) is 0 Å². The lowest BCUT2D eigenvalue weighted by molar-refractivity contribution is 0.590. The Morgan fingerprint density at radius 2 is 0.473 bits per heavy atom. The highest BCUT2D eigenvalue weighted by molar-refractivity contribution is 9.10. The van der Waals surface area contributed by atoms with E-state index in [9.17, 15) is 0 Å². The van der Waals surface area contributed by atoms with E-state index in [0.717, 1.165) is 65.3 Å². The predicted octanol–water partition coefficient (Wildman–Crippen LogP) is 22.0. The number of hydrogen-bond acceptors (Lipinski definition) is 2. The number of rotatable bonds is 10. The fourth-order valence-electron chi connectivity index (χ4n) is 9.64. The molecular weight excluding hydrogens is 1030 g/mol. The van der Waals surface area contributed by atoms with E-state index in [1.807, 2.05) is 0 Å². The Kier molecular flexibility index (Phi) is 14.7. The molecule has 0 fully saturated rings. The highest BCUT2D eigenvalue weighted by Gasteiger charge is 2.23. The number of nitrogens with zero attached hydrogens (tertiary/aromatic N) is 2. The second-order valence-corrected chi connectivity index (χ2v) is 25.8. The zero-order chi connectivity index (χ0) is 52.7. The Bertz CT molecular complexity index is 3000. The maximum absolute atomic E-state index is 3.76. The van der Waals surface area contributed by atoms with Crippen molar-refractivity contribution in [3.8, 4) is 44.5 Å². The first-order chi connectivity index (χ1) is 35.0. The van der Waals surface area contributed by atoms with Gasteiger partial charge in [-0.3, -0.25) is 0 Å². The molecule has 0 aromatic heterocycles. The second-order valence-electron chi connectivity index (χ2n) is 24.0. The molecule has 74 heavy (non-hydrogen) atoms. The van der Waals surface area contributed by atoms with E-state index in [1.165, 1.54) is 44.5 Å². The van der Waals surface area contributed by atoms with Crippen LogP contribution in [-0.2, 0) is 21.7 Å². The van der Waals surface area contributed by atoms with Crippen molar-refractivity contribution in [3.05, 3.63) is 237 Å². The van der Waals surface area contributed by atoms with Crippen LogP contribution in [-0.4, -0.2) is 0 Å². The van der Waals surface area contributed by atoms with Gasteiger partial charge in [-0.1, -0.05) is 218 Å². The smallest absolute Gasteiger partial charge is 0.0482 e. The summed E-state index contributed by atoms with van der Waals surface area (Å²) in [6.07, 6.45) is 0. The van der Waals surface area contributed by atoms with Gasteiger partial charge in [-0.15, -0.1) is 0 Å². The summed E-state index contributed by atoms with van der Waals surface area (Å²) in [4.78, 5) is 4.82. The van der Waals surface area contributed by atoms with Gasteiger partial charge in [-0.25, -0.2) is 0 Å². The fourth-order valence-corrected chi connectivity index (χ4v) is 10.2. The van der Waals surface area contributed by atoms with Gasteiger partial charge in [0.05, 0.1) is 0 Å². The molecule has 9 rings (SSSR count). The minimum absolute atomic E-state index is 0.0478. The van der Waals surface area contributed by atoms with Crippen molar-refractivity contribution in [2.24, 2.45) is 0 Å². The van der Waals surface area contributed by atoms with Crippen LogP contribution in [0.4, 0.5) is 34.1 Å². The summed E-state index contributed by atoms with van der Waals surface area (Å²) in [5.74, 6) is 0. The van der Waals surface area contributed by atoms with E-state index in [1.54, 1.807) is 0 Å². The average Bonchev–Trinajstić information content (AvgIpc) is 3.37. The molecule has 9 aromatic carbocycles. The third-order valence-electron chi connectivity index (χ3n) is 14.2. The Morgan fingerprint density at radius 1 is 0.230 bits per heavy atom. The number of benzene rings is 9. The van der Waals surface area contributed by atoms with Crippen LogP contribution in [0.1, 0.15) is 105 Å². The summed E-state index contributed by atoms with van der Waals surface area (Å²) in [6, 6.07) is 77.1. The molecular formula is C70H70Br2N2. The van der Waals surface area contributed by atoms with Crippen molar-refractivity contribution in [2.45, 2.75) is 105 Å². The minimum atomic E-state index is 0.0478. The third kappa shape index (κ3) is 11.9. The molecule has 0 atom stereocenters. The van der Waals surface area contributed by atoms with Gasteiger partial charge in [-0.05, 0) is 192 Å². The summed E-state index contributed by atoms with van der Waals surface area (Å²) in [5.41, 5.74) is 21.1. The molecule has 0 N–H and O–H groups in total. The van der Waals surface area contributed by atoms with Gasteiger partial charge in [-0.2, -0.15) is 0 Å². The zero-order valence-electron chi connectivity index (χ0n) is 45.3. The maximum atomic E-state index is 3.76. The number of anilines is 6. The molecule has 0 radical (unpaired) electrons.